The molecular weight excluding hydrogens is 542 g/mol. The van der Waals surface area contributed by atoms with E-state index >= 15 is 0 Å². The molecule has 3 heterocycles. The van der Waals surface area contributed by atoms with Gasteiger partial charge in [0.2, 0.25) is 0 Å². The number of carbonyl (C=O) groups is 2. The molecule has 0 fully saturated rings. The molecule has 0 spiro atoms. The van der Waals surface area contributed by atoms with Gasteiger partial charge in [-0.15, -0.1) is 0 Å². The van der Waals surface area contributed by atoms with Crippen LogP contribution in [0.5, 0.6) is 11.5 Å². The van der Waals surface area contributed by atoms with Gasteiger partial charge >= 0.3 is 0 Å². The third kappa shape index (κ3) is 5.15. The number of anilines is 2. The maximum Gasteiger partial charge on any atom is 0.261 e. The molecule has 10 heteroatoms. The van der Waals surface area contributed by atoms with Crippen molar-refractivity contribution in [2.75, 3.05) is 19.1 Å². The lowest BCUT2D eigenvalue weighted by Gasteiger charge is -2.26. The number of imide groups is 1. The minimum absolute atomic E-state index is 0.0667. The van der Waals surface area contributed by atoms with Crippen molar-refractivity contribution in [3.63, 3.8) is 0 Å². The number of ether oxygens (including phenoxy) is 2. The van der Waals surface area contributed by atoms with Crippen LogP contribution >= 0.6 is 11.6 Å². The number of methoxy groups -OCH3 is 2. The van der Waals surface area contributed by atoms with Crippen LogP contribution in [0.2, 0.25) is 5.15 Å². The highest BCUT2D eigenvalue weighted by Crippen LogP contribution is 2.35. The molecule has 2 aromatic heterocycles. The molecule has 9 nitrogen and oxygen atoms in total. The molecule has 6 rings (SSSR count). The number of amides is 2. The van der Waals surface area contributed by atoms with Crippen LogP contribution in [0, 0.1) is 0 Å². The van der Waals surface area contributed by atoms with Gasteiger partial charge < -0.3 is 14.4 Å². The summed E-state index contributed by atoms with van der Waals surface area (Å²) in [5.74, 6) is 0.610. The van der Waals surface area contributed by atoms with Crippen molar-refractivity contribution in [3.8, 4) is 11.5 Å². The summed E-state index contributed by atoms with van der Waals surface area (Å²) in [4.78, 5) is 42.7. The van der Waals surface area contributed by atoms with Crippen LogP contribution < -0.4 is 14.4 Å². The standard InChI is InChI=1S/C31H24ClN5O4/c1-40-23-12-22(13-24(15-23)41-2)36(21-10-11-27-28(14-21)35-29(32)16-33-27)17-19-6-5-7-20(34-19)18-37-30(38)25-8-3-4-9-26(25)31(37)39/h3-16H,17-18H2,1-2H3. The second-order valence-electron chi connectivity index (χ2n) is 9.39. The Morgan fingerprint density at radius 1 is 0.756 bits per heavy atom. The van der Waals surface area contributed by atoms with Crippen LogP contribution in [0.3, 0.4) is 0 Å². The predicted octanol–water partition coefficient (Wildman–Crippen LogP) is 5.83. The smallest absolute Gasteiger partial charge is 0.261 e. The van der Waals surface area contributed by atoms with Crippen molar-refractivity contribution in [1.82, 2.24) is 19.9 Å². The minimum atomic E-state index is -0.321. The van der Waals surface area contributed by atoms with Crippen molar-refractivity contribution < 1.29 is 19.1 Å². The molecule has 0 saturated carbocycles. The fraction of sp³-hybridized carbons (Fsp3) is 0.129. The number of nitrogens with zero attached hydrogens (tertiary/aromatic N) is 5. The second kappa shape index (κ2) is 10.9. The van der Waals surface area contributed by atoms with E-state index in [0.29, 0.717) is 51.1 Å². The van der Waals surface area contributed by atoms with Gasteiger partial charge in [0.25, 0.3) is 11.8 Å². The monoisotopic (exact) mass is 565 g/mol. The molecule has 204 valence electrons. The topological polar surface area (TPSA) is 97.8 Å². The zero-order chi connectivity index (χ0) is 28.5. The quantitative estimate of drug-likeness (QED) is 0.217. The highest BCUT2D eigenvalue weighted by atomic mass is 35.5. The zero-order valence-corrected chi connectivity index (χ0v) is 23.0. The third-order valence-electron chi connectivity index (χ3n) is 6.84. The van der Waals surface area contributed by atoms with E-state index in [2.05, 4.69) is 9.97 Å². The molecule has 0 unspecified atom stereocenters. The zero-order valence-electron chi connectivity index (χ0n) is 22.2. The first-order chi connectivity index (χ1) is 19.9. The summed E-state index contributed by atoms with van der Waals surface area (Å²) in [6.07, 6.45) is 1.51. The lowest BCUT2D eigenvalue weighted by Crippen LogP contribution is -2.29. The van der Waals surface area contributed by atoms with Crippen LogP contribution in [0.1, 0.15) is 32.1 Å². The molecule has 1 aliphatic rings. The number of halogens is 1. The van der Waals surface area contributed by atoms with E-state index < -0.39 is 0 Å². The molecule has 5 aromatic rings. The number of rotatable bonds is 8. The first-order valence-corrected chi connectivity index (χ1v) is 13.1. The Bertz CT molecular complexity index is 1750. The van der Waals surface area contributed by atoms with E-state index in [4.69, 9.17) is 26.1 Å². The Balaban J connectivity index is 1.36. The Labute approximate surface area is 241 Å². The van der Waals surface area contributed by atoms with Gasteiger partial charge in [0.15, 0.2) is 0 Å². The summed E-state index contributed by atoms with van der Waals surface area (Å²) in [5, 5.41) is 0.298. The van der Waals surface area contributed by atoms with Gasteiger partial charge in [-0.25, -0.2) is 4.98 Å². The number of pyridine rings is 1. The number of hydrogen-bond acceptors (Lipinski definition) is 8. The normalized spacial score (nSPS) is 12.5. The number of benzene rings is 3. The highest BCUT2D eigenvalue weighted by molar-refractivity contribution is 6.29. The van der Waals surface area contributed by atoms with Gasteiger partial charge in [-0.05, 0) is 42.5 Å². The van der Waals surface area contributed by atoms with Crippen molar-refractivity contribution in [2.45, 2.75) is 13.1 Å². The van der Waals surface area contributed by atoms with E-state index in [1.807, 2.05) is 47.4 Å². The molecule has 0 N–H and O–H groups in total. The Hall–Kier alpha value is -5.02. The number of fused-ring (bicyclic) bond motifs is 2. The SMILES string of the molecule is COc1cc(OC)cc(N(Cc2cccc(CN3C(=O)c4ccccc4C3=O)n2)c2ccc3ncc(Cl)nc3c2)c1. The van der Waals surface area contributed by atoms with Crippen LogP contribution in [-0.4, -0.2) is 45.9 Å². The lowest BCUT2D eigenvalue weighted by atomic mass is 10.1. The molecule has 3 aromatic carbocycles. The van der Waals surface area contributed by atoms with E-state index in [9.17, 15) is 9.59 Å². The summed E-state index contributed by atoms with van der Waals surface area (Å²) in [6, 6.07) is 23.7. The maximum atomic E-state index is 12.9. The molecule has 0 radical (unpaired) electrons. The Kier molecular flexibility index (Phi) is 6.94. The summed E-state index contributed by atoms with van der Waals surface area (Å²) < 4.78 is 11.1. The summed E-state index contributed by atoms with van der Waals surface area (Å²) >= 11 is 6.13. The molecule has 0 saturated heterocycles. The van der Waals surface area contributed by atoms with Gasteiger partial charge in [0.05, 0.1) is 67.1 Å². The van der Waals surface area contributed by atoms with Crippen molar-refractivity contribution in [3.05, 3.63) is 113 Å². The Morgan fingerprint density at radius 3 is 2.12 bits per heavy atom. The van der Waals surface area contributed by atoms with Gasteiger partial charge in [-0.2, -0.15) is 0 Å². The minimum Gasteiger partial charge on any atom is -0.497 e. The molecular formula is C31H24ClN5O4. The van der Waals surface area contributed by atoms with Crippen LogP contribution in [0.4, 0.5) is 11.4 Å². The maximum absolute atomic E-state index is 12.9. The van der Waals surface area contributed by atoms with Crippen molar-refractivity contribution in [2.24, 2.45) is 0 Å². The number of hydrogen-bond donors (Lipinski definition) is 0. The highest BCUT2D eigenvalue weighted by Gasteiger charge is 2.35. The fourth-order valence-electron chi connectivity index (χ4n) is 4.84. The average Bonchev–Trinajstić information content (AvgIpc) is 3.24. The van der Waals surface area contributed by atoms with Crippen LogP contribution in [0.15, 0.2) is 85.1 Å². The largest absolute Gasteiger partial charge is 0.497 e. The van der Waals surface area contributed by atoms with Gasteiger partial charge in [-0.1, -0.05) is 29.8 Å². The van der Waals surface area contributed by atoms with Crippen molar-refractivity contribution in [1.29, 1.82) is 0 Å². The number of aromatic nitrogens is 3. The van der Waals surface area contributed by atoms with Gasteiger partial charge in [0, 0.05) is 29.6 Å². The predicted molar refractivity (Wildman–Crippen MR) is 155 cm³/mol. The Morgan fingerprint density at radius 2 is 1.44 bits per heavy atom. The van der Waals surface area contributed by atoms with E-state index in [-0.39, 0.29) is 18.4 Å². The van der Waals surface area contributed by atoms with Gasteiger partial charge in [-0.3, -0.25) is 24.5 Å². The van der Waals surface area contributed by atoms with Crippen LogP contribution in [-0.2, 0) is 13.1 Å². The summed E-state index contributed by atoms with van der Waals surface area (Å²) in [7, 11) is 3.20. The van der Waals surface area contributed by atoms with E-state index in [1.54, 1.807) is 50.6 Å². The average molecular weight is 566 g/mol. The molecule has 41 heavy (non-hydrogen) atoms. The lowest BCUT2D eigenvalue weighted by molar-refractivity contribution is 0.0640. The molecule has 2 amide bonds. The van der Waals surface area contributed by atoms with Crippen LogP contribution in [0.25, 0.3) is 11.0 Å². The third-order valence-corrected chi connectivity index (χ3v) is 7.02. The second-order valence-corrected chi connectivity index (χ2v) is 9.77. The summed E-state index contributed by atoms with van der Waals surface area (Å²) in [6.45, 7) is 0.420. The molecule has 0 aliphatic carbocycles. The first-order valence-electron chi connectivity index (χ1n) is 12.8. The molecule has 1 aliphatic heterocycles. The first kappa shape index (κ1) is 26.2. The van der Waals surface area contributed by atoms with E-state index in [1.165, 1.54) is 11.1 Å². The van der Waals surface area contributed by atoms with Crippen molar-refractivity contribution >= 4 is 45.8 Å². The summed E-state index contributed by atoms with van der Waals surface area (Å²) in [5.41, 5.74) is 5.09. The number of carbonyl (C=O) groups excluding carboxylic acids is 2. The molecule has 0 atom stereocenters. The van der Waals surface area contributed by atoms with Gasteiger partial charge in [0.1, 0.15) is 16.7 Å². The molecule has 0 bridgehead atoms. The fourth-order valence-corrected chi connectivity index (χ4v) is 4.98. The van der Waals surface area contributed by atoms with E-state index in [0.717, 1.165) is 17.1 Å².